The number of nitrogens with one attached hydrogen (secondary N) is 1. The highest BCUT2D eigenvalue weighted by atomic mass is 16.2. The number of hydrogen-bond donors (Lipinski definition) is 1. The lowest BCUT2D eigenvalue weighted by Gasteiger charge is -2.35. The molecule has 0 radical (unpaired) electrons. The third kappa shape index (κ3) is 4.97. The van der Waals surface area contributed by atoms with Crippen molar-refractivity contribution in [2.45, 2.75) is 27.3 Å². The molecule has 1 aliphatic heterocycles. The van der Waals surface area contributed by atoms with Gasteiger partial charge in [0, 0.05) is 32.7 Å². The van der Waals surface area contributed by atoms with Gasteiger partial charge in [0.15, 0.2) is 0 Å². The Kier molecular flexibility index (Phi) is 6.37. The van der Waals surface area contributed by atoms with Crippen molar-refractivity contribution in [1.82, 2.24) is 20.0 Å². The number of piperazine rings is 1. The number of aryl methyl sites for hydroxylation is 2. The Morgan fingerprint density at radius 2 is 1.61 bits per heavy atom. The lowest BCUT2D eigenvalue weighted by molar-refractivity contribution is -0.122. The van der Waals surface area contributed by atoms with Gasteiger partial charge in [-0.15, -0.1) is 0 Å². The maximum atomic E-state index is 12.4. The molecule has 3 aromatic rings. The second-order valence-electron chi connectivity index (χ2n) is 8.29. The van der Waals surface area contributed by atoms with Crippen molar-refractivity contribution in [1.29, 1.82) is 0 Å². The van der Waals surface area contributed by atoms with E-state index >= 15 is 0 Å². The molecule has 0 atom stereocenters. The van der Waals surface area contributed by atoms with Crippen LogP contribution in [0.1, 0.15) is 22.5 Å². The summed E-state index contributed by atoms with van der Waals surface area (Å²) < 4.78 is 2.02. The molecule has 2 heterocycles. The number of carbonyl (C=O) groups excluding carboxylic acids is 1. The van der Waals surface area contributed by atoms with Crippen LogP contribution in [0.15, 0.2) is 54.6 Å². The first-order valence-electron chi connectivity index (χ1n) is 10.9. The molecular formula is C25H31N5O. The maximum Gasteiger partial charge on any atom is 0.234 e. The van der Waals surface area contributed by atoms with E-state index in [1.54, 1.807) is 0 Å². The number of rotatable bonds is 6. The van der Waals surface area contributed by atoms with Gasteiger partial charge in [-0.3, -0.25) is 9.69 Å². The van der Waals surface area contributed by atoms with E-state index in [-0.39, 0.29) is 5.91 Å². The Morgan fingerprint density at radius 3 is 2.29 bits per heavy atom. The van der Waals surface area contributed by atoms with Crippen molar-refractivity contribution >= 4 is 11.6 Å². The first-order valence-corrected chi connectivity index (χ1v) is 10.9. The lowest BCUT2D eigenvalue weighted by atomic mass is 10.1. The molecule has 1 N–H and O–H groups in total. The predicted octanol–water partition coefficient (Wildman–Crippen LogP) is 3.24. The minimum Gasteiger partial charge on any atom is -0.366 e. The van der Waals surface area contributed by atoms with E-state index in [9.17, 15) is 4.79 Å². The zero-order valence-corrected chi connectivity index (χ0v) is 18.6. The minimum absolute atomic E-state index is 0.0817. The van der Waals surface area contributed by atoms with Gasteiger partial charge in [0.1, 0.15) is 0 Å². The van der Waals surface area contributed by atoms with E-state index < -0.39 is 0 Å². The van der Waals surface area contributed by atoms with Crippen LogP contribution in [0, 0.1) is 20.8 Å². The van der Waals surface area contributed by atoms with Gasteiger partial charge in [-0.05, 0) is 38.5 Å². The van der Waals surface area contributed by atoms with Crippen LogP contribution >= 0.6 is 0 Å². The Morgan fingerprint density at radius 1 is 0.935 bits per heavy atom. The van der Waals surface area contributed by atoms with Crippen LogP contribution in [0.25, 0.3) is 5.69 Å². The molecule has 1 amide bonds. The third-order valence-electron chi connectivity index (χ3n) is 5.92. The van der Waals surface area contributed by atoms with E-state index in [0.29, 0.717) is 13.1 Å². The quantitative estimate of drug-likeness (QED) is 0.669. The largest absolute Gasteiger partial charge is 0.366 e. The van der Waals surface area contributed by atoms with Gasteiger partial charge in [0.25, 0.3) is 0 Å². The minimum atomic E-state index is 0.0817. The highest BCUT2D eigenvalue weighted by Crippen LogP contribution is 2.27. The number of nitrogens with zero attached hydrogens (tertiary/aromatic N) is 4. The highest BCUT2D eigenvalue weighted by Gasteiger charge is 2.24. The SMILES string of the molecule is Cc1ccc(CNC(=O)CN2CCN(c3c(C)nn(-c4ccccc4)c3C)CC2)cc1. The van der Waals surface area contributed by atoms with E-state index in [4.69, 9.17) is 5.10 Å². The van der Waals surface area contributed by atoms with E-state index in [2.05, 4.69) is 72.3 Å². The summed E-state index contributed by atoms with van der Waals surface area (Å²) in [5, 5.41) is 7.82. The van der Waals surface area contributed by atoms with Crippen molar-refractivity contribution in [3.8, 4) is 5.69 Å². The van der Waals surface area contributed by atoms with Gasteiger partial charge in [-0.25, -0.2) is 4.68 Å². The molecular weight excluding hydrogens is 386 g/mol. The van der Waals surface area contributed by atoms with Gasteiger partial charge in [-0.2, -0.15) is 5.10 Å². The Hall–Kier alpha value is -3.12. The monoisotopic (exact) mass is 417 g/mol. The molecule has 162 valence electrons. The molecule has 1 aromatic heterocycles. The molecule has 1 aliphatic rings. The fraction of sp³-hybridized carbons (Fsp3) is 0.360. The maximum absolute atomic E-state index is 12.4. The van der Waals surface area contributed by atoms with Crippen LogP contribution in [-0.4, -0.2) is 53.3 Å². The van der Waals surface area contributed by atoms with Gasteiger partial charge < -0.3 is 10.2 Å². The number of aromatic nitrogens is 2. The van der Waals surface area contributed by atoms with Crippen LogP contribution in [-0.2, 0) is 11.3 Å². The molecule has 6 heteroatoms. The number of anilines is 1. The number of amides is 1. The Bertz CT molecular complexity index is 1020. The smallest absolute Gasteiger partial charge is 0.234 e. The van der Waals surface area contributed by atoms with Crippen molar-refractivity contribution < 1.29 is 4.79 Å². The van der Waals surface area contributed by atoms with E-state index in [0.717, 1.165) is 48.8 Å². The molecule has 0 spiro atoms. The molecule has 0 saturated carbocycles. The van der Waals surface area contributed by atoms with Gasteiger partial charge in [0.05, 0.1) is 29.3 Å². The van der Waals surface area contributed by atoms with Crippen LogP contribution in [0.4, 0.5) is 5.69 Å². The topological polar surface area (TPSA) is 53.4 Å². The van der Waals surface area contributed by atoms with Crippen molar-refractivity contribution in [3.63, 3.8) is 0 Å². The molecule has 31 heavy (non-hydrogen) atoms. The van der Waals surface area contributed by atoms with Gasteiger partial charge in [-0.1, -0.05) is 48.0 Å². The van der Waals surface area contributed by atoms with E-state index in [1.165, 1.54) is 11.3 Å². The lowest BCUT2D eigenvalue weighted by Crippen LogP contribution is -2.49. The van der Waals surface area contributed by atoms with Crippen molar-refractivity contribution in [2.75, 3.05) is 37.6 Å². The third-order valence-corrected chi connectivity index (χ3v) is 5.92. The Labute approximate surface area is 184 Å². The summed E-state index contributed by atoms with van der Waals surface area (Å²) in [6.45, 7) is 10.8. The molecule has 0 bridgehead atoms. The first-order chi connectivity index (χ1) is 15.0. The molecule has 4 rings (SSSR count). The summed E-state index contributed by atoms with van der Waals surface area (Å²) in [6, 6.07) is 18.5. The molecule has 2 aromatic carbocycles. The summed E-state index contributed by atoms with van der Waals surface area (Å²) in [6.07, 6.45) is 0. The summed E-state index contributed by atoms with van der Waals surface area (Å²) in [7, 11) is 0. The van der Waals surface area contributed by atoms with Crippen LogP contribution in [0.5, 0.6) is 0 Å². The molecule has 0 unspecified atom stereocenters. The summed E-state index contributed by atoms with van der Waals surface area (Å²) in [5.74, 6) is 0.0817. The summed E-state index contributed by atoms with van der Waals surface area (Å²) in [4.78, 5) is 17.0. The average Bonchev–Trinajstić information content (AvgIpc) is 3.08. The van der Waals surface area contributed by atoms with Crippen LogP contribution in [0.2, 0.25) is 0 Å². The van der Waals surface area contributed by atoms with E-state index in [1.807, 2.05) is 22.9 Å². The molecule has 1 saturated heterocycles. The Balaban J connectivity index is 1.31. The number of hydrogen-bond acceptors (Lipinski definition) is 4. The summed E-state index contributed by atoms with van der Waals surface area (Å²) >= 11 is 0. The highest BCUT2D eigenvalue weighted by molar-refractivity contribution is 5.78. The standard InChI is InChI=1S/C25H31N5O/c1-19-9-11-22(12-10-19)17-26-24(31)18-28-13-15-29(16-14-28)25-20(2)27-30(21(25)3)23-7-5-4-6-8-23/h4-12H,13-18H2,1-3H3,(H,26,31). The second kappa shape index (κ2) is 9.35. The first kappa shape index (κ1) is 21.1. The van der Waals surface area contributed by atoms with Crippen LogP contribution < -0.4 is 10.2 Å². The number of benzene rings is 2. The molecule has 6 nitrogen and oxygen atoms in total. The second-order valence-corrected chi connectivity index (χ2v) is 8.29. The molecule has 1 fully saturated rings. The zero-order chi connectivity index (χ0) is 21.8. The fourth-order valence-electron chi connectivity index (χ4n) is 4.21. The predicted molar refractivity (Wildman–Crippen MR) is 125 cm³/mol. The average molecular weight is 418 g/mol. The van der Waals surface area contributed by atoms with Crippen LogP contribution in [0.3, 0.4) is 0 Å². The zero-order valence-electron chi connectivity index (χ0n) is 18.6. The number of carbonyl (C=O) groups is 1. The van der Waals surface area contributed by atoms with Gasteiger partial charge >= 0.3 is 0 Å². The number of para-hydroxylation sites is 1. The normalized spacial score (nSPS) is 14.6. The van der Waals surface area contributed by atoms with Gasteiger partial charge in [0.2, 0.25) is 5.91 Å². The molecule has 0 aliphatic carbocycles. The summed E-state index contributed by atoms with van der Waals surface area (Å²) in [5.41, 5.74) is 6.86. The van der Waals surface area contributed by atoms with Crippen molar-refractivity contribution in [3.05, 3.63) is 77.1 Å². The van der Waals surface area contributed by atoms with Crippen molar-refractivity contribution in [2.24, 2.45) is 0 Å². The fourth-order valence-corrected chi connectivity index (χ4v) is 4.21.